The molecule has 0 aromatic heterocycles. The Labute approximate surface area is 140 Å². The summed E-state index contributed by atoms with van der Waals surface area (Å²) in [5.41, 5.74) is 0.567. The van der Waals surface area contributed by atoms with E-state index in [9.17, 15) is 19.5 Å². The number of ketones is 1. The lowest BCUT2D eigenvalue weighted by Gasteiger charge is -2.35. The zero-order valence-corrected chi connectivity index (χ0v) is 14.3. The van der Waals surface area contributed by atoms with Gasteiger partial charge in [-0.1, -0.05) is 37.3 Å². The predicted molar refractivity (Wildman–Crippen MR) is 89.4 cm³/mol. The quantitative estimate of drug-likeness (QED) is 0.837. The van der Waals surface area contributed by atoms with E-state index >= 15 is 0 Å². The van der Waals surface area contributed by atoms with Crippen molar-refractivity contribution < 1.29 is 19.5 Å². The minimum absolute atomic E-state index is 0.0758. The highest BCUT2D eigenvalue weighted by Crippen LogP contribution is 2.40. The van der Waals surface area contributed by atoms with Crippen molar-refractivity contribution in [1.29, 1.82) is 0 Å². The summed E-state index contributed by atoms with van der Waals surface area (Å²) in [6, 6.07) is 7.98. The first-order valence-corrected chi connectivity index (χ1v) is 8.51. The molecule has 1 saturated heterocycles. The first-order chi connectivity index (χ1) is 10.7. The van der Waals surface area contributed by atoms with Gasteiger partial charge in [0.05, 0.1) is 4.87 Å². The van der Waals surface area contributed by atoms with Crippen LogP contribution in [-0.4, -0.2) is 44.3 Å². The molecule has 2 unspecified atom stereocenters. The van der Waals surface area contributed by atoms with E-state index in [0.29, 0.717) is 11.3 Å². The number of benzene rings is 1. The van der Waals surface area contributed by atoms with E-state index in [1.165, 1.54) is 16.7 Å². The molecule has 1 N–H and O–H groups in total. The number of hydrogen-bond acceptors (Lipinski definition) is 4. The van der Waals surface area contributed by atoms with Crippen molar-refractivity contribution in [3.05, 3.63) is 35.9 Å². The fourth-order valence-electron chi connectivity index (χ4n) is 2.75. The summed E-state index contributed by atoms with van der Waals surface area (Å²) >= 11 is 1.44. The number of amides is 1. The molecular weight excluding hydrogens is 314 g/mol. The second-order valence-corrected chi connectivity index (χ2v) is 7.84. The molecule has 0 aliphatic carbocycles. The Balaban J connectivity index is 2.12. The van der Waals surface area contributed by atoms with Crippen LogP contribution in [0.25, 0.3) is 0 Å². The van der Waals surface area contributed by atoms with Gasteiger partial charge < -0.3 is 10.0 Å². The number of thioether (sulfide) groups is 1. The van der Waals surface area contributed by atoms with Crippen LogP contribution in [0.5, 0.6) is 0 Å². The Morgan fingerprint density at radius 3 is 2.48 bits per heavy atom. The van der Waals surface area contributed by atoms with Gasteiger partial charge in [0.2, 0.25) is 5.91 Å². The van der Waals surface area contributed by atoms with E-state index in [2.05, 4.69) is 0 Å². The Kier molecular flexibility index (Phi) is 5.14. The Bertz CT molecular complexity index is 614. The highest BCUT2D eigenvalue weighted by Gasteiger charge is 2.47. The highest BCUT2D eigenvalue weighted by molar-refractivity contribution is 8.00. The van der Waals surface area contributed by atoms with Crippen molar-refractivity contribution in [2.45, 2.75) is 38.1 Å². The summed E-state index contributed by atoms with van der Waals surface area (Å²) in [7, 11) is 0. The third-order valence-electron chi connectivity index (χ3n) is 4.02. The van der Waals surface area contributed by atoms with Gasteiger partial charge in [-0.3, -0.25) is 9.59 Å². The number of carboxylic acid groups (broad SMARTS) is 1. The Hall–Kier alpha value is -1.82. The Morgan fingerprint density at radius 1 is 1.30 bits per heavy atom. The molecule has 0 spiro atoms. The molecule has 0 saturated carbocycles. The molecule has 1 aliphatic rings. The number of nitrogens with zero attached hydrogens (tertiary/aromatic N) is 1. The van der Waals surface area contributed by atoms with Gasteiger partial charge in [-0.25, -0.2) is 4.79 Å². The minimum atomic E-state index is -1.00. The van der Waals surface area contributed by atoms with Gasteiger partial charge in [0.15, 0.2) is 5.78 Å². The molecular formula is C17H21NO4S. The fraction of sp³-hybridized carbons (Fsp3) is 0.471. The minimum Gasteiger partial charge on any atom is -0.480 e. The second-order valence-electron chi connectivity index (χ2n) is 6.21. The van der Waals surface area contributed by atoms with Crippen LogP contribution in [0.15, 0.2) is 30.3 Å². The van der Waals surface area contributed by atoms with E-state index in [1.54, 1.807) is 31.2 Å². The zero-order valence-electron chi connectivity index (χ0n) is 13.5. The molecule has 1 amide bonds. The largest absolute Gasteiger partial charge is 0.480 e. The number of hydrogen-bond donors (Lipinski definition) is 1. The molecule has 0 radical (unpaired) electrons. The monoisotopic (exact) mass is 335 g/mol. The van der Waals surface area contributed by atoms with Crippen LogP contribution >= 0.6 is 11.8 Å². The van der Waals surface area contributed by atoms with Crippen LogP contribution in [0.2, 0.25) is 0 Å². The van der Waals surface area contributed by atoms with Gasteiger partial charge in [0, 0.05) is 23.7 Å². The lowest BCUT2D eigenvalue weighted by atomic mass is 9.97. The van der Waals surface area contributed by atoms with E-state index in [-0.39, 0.29) is 18.1 Å². The van der Waals surface area contributed by atoms with Crippen LogP contribution in [0.1, 0.15) is 37.6 Å². The molecule has 6 heteroatoms. The van der Waals surface area contributed by atoms with Crippen molar-refractivity contribution in [3.63, 3.8) is 0 Å². The molecule has 5 nitrogen and oxygen atoms in total. The third-order valence-corrected chi connectivity index (χ3v) is 5.40. The first kappa shape index (κ1) is 17.5. The molecule has 1 fully saturated rings. The normalized spacial score (nSPS) is 21.0. The molecule has 23 heavy (non-hydrogen) atoms. The summed E-state index contributed by atoms with van der Waals surface area (Å²) in [5, 5.41) is 9.33. The summed E-state index contributed by atoms with van der Waals surface area (Å²) in [6.45, 7) is 5.36. The maximum absolute atomic E-state index is 12.7. The van der Waals surface area contributed by atoms with Crippen molar-refractivity contribution in [2.24, 2.45) is 5.92 Å². The summed E-state index contributed by atoms with van der Waals surface area (Å²) in [6.07, 6.45) is 0.0758. The Morgan fingerprint density at radius 2 is 1.91 bits per heavy atom. The second kappa shape index (κ2) is 6.74. The van der Waals surface area contributed by atoms with Crippen molar-refractivity contribution in [2.75, 3.05) is 5.75 Å². The summed E-state index contributed by atoms with van der Waals surface area (Å²) in [4.78, 5) is 37.2. The SMILES string of the molecule is CC(CC(=O)c1ccccc1)C(=O)N1C(C(=O)O)CSC1(C)C. The third kappa shape index (κ3) is 3.75. The fourth-order valence-corrected chi connectivity index (χ4v) is 3.96. The van der Waals surface area contributed by atoms with Crippen LogP contribution in [0.4, 0.5) is 0 Å². The maximum atomic E-state index is 12.7. The molecule has 2 atom stereocenters. The van der Waals surface area contributed by atoms with Crippen molar-refractivity contribution in [1.82, 2.24) is 4.90 Å². The van der Waals surface area contributed by atoms with Gasteiger partial charge in [0.1, 0.15) is 6.04 Å². The number of carbonyl (C=O) groups excluding carboxylic acids is 2. The smallest absolute Gasteiger partial charge is 0.327 e. The van der Waals surface area contributed by atoms with E-state index < -0.39 is 22.8 Å². The summed E-state index contributed by atoms with van der Waals surface area (Å²) < 4.78 is 0. The van der Waals surface area contributed by atoms with Crippen molar-refractivity contribution in [3.8, 4) is 0 Å². The average molecular weight is 335 g/mol. The van der Waals surface area contributed by atoms with E-state index in [1.807, 2.05) is 19.9 Å². The number of Topliss-reactive ketones (excluding diaryl/α,β-unsaturated/α-hetero) is 1. The van der Waals surface area contributed by atoms with Gasteiger partial charge >= 0.3 is 5.97 Å². The average Bonchev–Trinajstić information content (AvgIpc) is 2.82. The van der Waals surface area contributed by atoms with Gasteiger partial charge in [-0.15, -0.1) is 11.8 Å². The number of carboxylic acids is 1. The predicted octanol–water partition coefficient (Wildman–Crippen LogP) is 2.66. The molecule has 1 aliphatic heterocycles. The van der Waals surface area contributed by atoms with Gasteiger partial charge in [-0.2, -0.15) is 0 Å². The molecule has 1 heterocycles. The van der Waals surface area contributed by atoms with Crippen LogP contribution < -0.4 is 0 Å². The topological polar surface area (TPSA) is 74.7 Å². The highest BCUT2D eigenvalue weighted by atomic mass is 32.2. The van der Waals surface area contributed by atoms with Crippen LogP contribution in [0, 0.1) is 5.92 Å². The van der Waals surface area contributed by atoms with Crippen LogP contribution in [-0.2, 0) is 9.59 Å². The van der Waals surface area contributed by atoms with Crippen molar-refractivity contribution >= 4 is 29.4 Å². The lowest BCUT2D eigenvalue weighted by Crippen LogP contribution is -2.51. The maximum Gasteiger partial charge on any atom is 0.327 e. The lowest BCUT2D eigenvalue weighted by molar-refractivity contribution is -0.152. The molecule has 1 aromatic carbocycles. The number of rotatable bonds is 5. The zero-order chi connectivity index (χ0) is 17.2. The molecule has 124 valence electrons. The van der Waals surface area contributed by atoms with E-state index in [4.69, 9.17) is 0 Å². The molecule has 2 rings (SSSR count). The standard InChI is InChI=1S/C17H21NO4S/c1-11(9-14(19)12-7-5-4-6-8-12)15(20)18-13(16(21)22)10-23-17(18,2)3/h4-8,11,13H,9-10H2,1-3H3,(H,21,22). The van der Waals surface area contributed by atoms with Gasteiger partial charge in [-0.05, 0) is 13.8 Å². The first-order valence-electron chi connectivity index (χ1n) is 7.52. The molecule has 1 aromatic rings. The van der Waals surface area contributed by atoms with Crippen LogP contribution in [0.3, 0.4) is 0 Å². The molecule has 0 bridgehead atoms. The van der Waals surface area contributed by atoms with Gasteiger partial charge in [0.25, 0.3) is 0 Å². The van der Waals surface area contributed by atoms with E-state index in [0.717, 1.165) is 0 Å². The number of carbonyl (C=O) groups is 3. The summed E-state index contributed by atoms with van der Waals surface area (Å²) in [5.74, 6) is -1.58. The number of aliphatic carboxylic acids is 1.